The predicted octanol–water partition coefficient (Wildman–Crippen LogP) is 2.76. The average Bonchev–Trinajstić information content (AvgIpc) is 3.05. The molecule has 0 saturated heterocycles. The van der Waals surface area contributed by atoms with Gasteiger partial charge in [-0.15, -0.1) is 5.10 Å². The standard InChI is InChI=1S/C17H26N4O/c1-2-18-16-11-14-12-21(10-9-15(14)19-20-16)17(22)8-7-13-5-3-4-6-13/h11,13H,2-10,12H2,1H3,(H,18,20). The Labute approximate surface area is 132 Å². The molecule has 120 valence electrons. The van der Waals surface area contributed by atoms with Gasteiger partial charge in [-0.2, -0.15) is 5.10 Å². The van der Waals surface area contributed by atoms with Gasteiger partial charge in [-0.1, -0.05) is 25.7 Å². The number of carbonyl (C=O) groups is 1. The monoisotopic (exact) mass is 302 g/mol. The third-order valence-corrected chi connectivity index (χ3v) is 4.89. The number of nitrogens with zero attached hydrogens (tertiary/aromatic N) is 3. The van der Waals surface area contributed by atoms with Crippen LogP contribution in [0.3, 0.4) is 0 Å². The lowest BCUT2D eigenvalue weighted by molar-refractivity contribution is -0.132. The lowest BCUT2D eigenvalue weighted by Crippen LogP contribution is -2.36. The van der Waals surface area contributed by atoms with Crippen molar-refractivity contribution in [2.24, 2.45) is 5.92 Å². The third-order valence-electron chi connectivity index (χ3n) is 4.89. The molecule has 3 rings (SSSR count). The zero-order valence-electron chi connectivity index (χ0n) is 13.5. The molecule has 1 aliphatic carbocycles. The van der Waals surface area contributed by atoms with Gasteiger partial charge in [0, 0.05) is 32.5 Å². The van der Waals surface area contributed by atoms with Crippen molar-refractivity contribution in [3.63, 3.8) is 0 Å². The Morgan fingerprint density at radius 2 is 2.18 bits per heavy atom. The first-order valence-electron chi connectivity index (χ1n) is 8.63. The van der Waals surface area contributed by atoms with Gasteiger partial charge in [-0.3, -0.25) is 4.79 Å². The molecule has 0 atom stereocenters. The minimum atomic E-state index is 0.305. The van der Waals surface area contributed by atoms with Crippen molar-refractivity contribution in [3.05, 3.63) is 17.3 Å². The van der Waals surface area contributed by atoms with Crippen LogP contribution in [0.15, 0.2) is 6.07 Å². The Balaban J connectivity index is 1.57. The van der Waals surface area contributed by atoms with Gasteiger partial charge >= 0.3 is 0 Å². The Hall–Kier alpha value is -1.65. The summed E-state index contributed by atoms with van der Waals surface area (Å²) >= 11 is 0. The van der Waals surface area contributed by atoms with E-state index >= 15 is 0 Å². The fourth-order valence-electron chi connectivity index (χ4n) is 3.59. The summed E-state index contributed by atoms with van der Waals surface area (Å²) < 4.78 is 0. The van der Waals surface area contributed by atoms with Gasteiger partial charge in [0.15, 0.2) is 0 Å². The normalized spacial score (nSPS) is 18.3. The quantitative estimate of drug-likeness (QED) is 0.908. The highest BCUT2D eigenvalue weighted by Crippen LogP contribution is 2.29. The highest BCUT2D eigenvalue weighted by Gasteiger charge is 2.23. The molecule has 1 aromatic heterocycles. The van der Waals surface area contributed by atoms with E-state index < -0.39 is 0 Å². The second-order valence-corrected chi connectivity index (χ2v) is 6.49. The first-order valence-corrected chi connectivity index (χ1v) is 8.63. The molecule has 0 bridgehead atoms. The van der Waals surface area contributed by atoms with Crippen LogP contribution in [0.2, 0.25) is 0 Å². The number of nitrogens with one attached hydrogen (secondary N) is 1. The third kappa shape index (κ3) is 3.57. The van der Waals surface area contributed by atoms with E-state index in [1.807, 2.05) is 17.9 Å². The molecule has 0 spiro atoms. The van der Waals surface area contributed by atoms with Crippen molar-refractivity contribution in [2.45, 2.75) is 58.4 Å². The smallest absolute Gasteiger partial charge is 0.222 e. The molecule has 5 nitrogen and oxygen atoms in total. The number of hydrogen-bond acceptors (Lipinski definition) is 4. The molecule has 0 unspecified atom stereocenters. The van der Waals surface area contributed by atoms with Gasteiger partial charge in [0.1, 0.15) is 5.82 Å². The summed E-state index contributed by atoms with van der Waals surface area (Å²) in [6, 6.07) is 2.04. The van der Waals surface area contributed by atoms with Crippen LogP contribution in [0.25, 0.3) is 0 Å². The molecule has 5 heteroatoms. The Morgan fingerprint density at radius 1 is 1.36 bits per heavy atom. The van der Waals surface area contributed by atoms with E-state index in [-0.39, 0.29) is 0 Å². The fourth-order valence-corrected chi connectivity index (χ4v) is 3.59. The summed E-state index contributed by atoms with van der Waals surface area (Å²) in [5.74, 6) is 1.90. The molecule has 1 N–H and O–H groups in total. The van der Waals surface area contributed by atoms with Gasteiger partial charge in [-0.25, -0.2) is 0 Å². The van der Waals surface area contributed by atoms with Gasteiger partial charge in [0.2, 0.25) is 5.91 Å². The largest absolute Gasteiger partial charge is 0.369 e. The van der Waals surface area contributed by atoms with Gasteiger partial charge in [0.25, 0.3) is 0 Å². The molecule has 0 radical (unpaired) electrons. The molecule has 2 heterocycles. The van der Waals surface area contributed by atoms with Crippen molar-refractivity contribution < 1.29 is 4.79 Å². The zero-order valence-corrected chi connectivity index (χ0v) is 13.5. The Bertz CT molecular complexity index is 525. The second-order valence-electron chi connectivity index (χ2n) is 6.49. The van der Waals surface area contributed by atoms with Crippen LogP contribution in [0.5, 0.6) is 0 Å². The summed E-state index contributed by atoms with van der Waals surface area (Å²) in [7, 11) is 0. The van der Waals surface area contributed by atoms with E-state index in [1.165, 1.54) is 25.7 Å². The van der Waals surface area contributed by atoms with E-state index in [9.17, 15) is 4.79 Å². The molecule has 1 saturated carbocycles. The van der Waals surface area contributed by atoms with Crippen molar-refractivity contribution >= 4 is 11.7 Å². The molecule has 0 aromatic carbocycles. The highest BCUT2D eigenvalue weighted by molar-refractivity contribution is 5.76. The lowest BCUT2D eigenvalue weighted by atomic mass is 10.0. The molecule has 1 amide bonds. The summed E-state index contributed by atoms with van der Waals surface area (Å²) in [6.45, 7) is 4.34. The van der Waals surface area contributed by atoms with Crippen LogP contribution in [0, 0.1) is 5.92 Å². The summed E-state index contributed by atoms with van der Waals surface area (Å²) in [6.07, 6.45) is 7.93. The van der Waals surface area contributed by atoms with Crippen LogP contribution in [-0.2, 0) is 17.8 Å². The van der Waals surface area contributed by atoms with E-state index in [2.05, 4.69) is 15.5 Å². The molecule has 1 aliphatic heterocycles. The van der Waals surface area contributed by atoms with E-state index in [0.29, 0.717) is 18.9 Å². The molecule has 1 fully saturated rings. The minimum Gasteiger partial charge on any atom is -0.369 e. The lowest BCUT2D eigenvalue weighted by Gasteiger charge is -2.28. The van der Waals surface area contributed by atoms with E-state index in [0.717, 1.165) is 48.9 Å². The molecule has 22 heavy (non-hydrogen) atoms. The number of anilines is 1. The Kier molecular flexibility index (Phi) is 4.90. The second kappa shape index (κ2) is 7.07. The summed E-state index contributed by atoms with van der Waals surface area (Å²) in [5.41, 5.74) is 2.19. The predicted molar refractivity (Wildman–Crippen MR) is 86.5 cm³/mol. The molecule has 1 aromatic rings. The summed E-state index contributed by atoms with van der Waals surface area (Å²) in [4.78, 5) is 14.4. The fraction of sp³-hybridized carbons (Fsp3) is 0.706. The van der Waals surface area contributed by atoms with Crippen molar-refractivity contribution in [1.29, 1.82) is 0 Å². The first kappa shape index (κ1) is 15.3. The van der Waals surface area contributed by atoms with Crippen LogP contribution >= 0.6 is 0 Å². The number of carbonyl (C=O) groups excluding carboxylic acids is 1. The molecular formula is C17H26N4O. The highest BCUT2D eigenvalue weighted by atomic mass is 16.2. The van der Waals surface area contributed by atoms with Crippen molar-refractivity contribution in [1.82, 2.24) is 15.1 Å². The van der Waals surface area contributed by atoms with Crippen LogP contribution in [0.4, 0.5) is 5.82 Å². The topological polar surface area (TPSA) is 58.1 Å². The number of fused-ring (bicyclic) bond motifs is 1. The number of amides is 1. The van der Waals surface area contributed by atoms with Gasteiger partial charge < -0.3 is 10.2 Å². The van der Waals surface area contributed by atoms with Crippen molar-refractivity contribution in [2.75, 3.05) is 18.4 Å². The van der Waals surface area contributed by atoms with Crippen LogP contribution in [0.1, 0.15) is 56.7 Å². The van der Waals surface area contributed by atoms with E-state index in [1.54, 1.807) is 0 Å². The maximum atomic E-state index is 12.4. The SMILES string of the molecule is CCNc1cc2c(nn1)CCN(C(=O)CCC1CCCC1)C2. The number of aromatic nitrogens is 2. The van der Waals surface area contributed by atoms with Gasteiger partial charge in [0.05, 0.1) is 5.69 Å². The zero-order chi connectivity index (χ0) is 15.4. The first-order chi connectivity index (χ1) is 10.8. The minimum absolute atomic E-state index is 0.305. The molecule has 2 aliphatic rings. The van der Waals surface area contributed by atoms with Crippen LogP contribution in [-0.4, -0.2) is 34.1 Å². The number of hydrogen-bond donors (Lipinski definition) is 1. The number of rotatable bonds is 5. The van der Waals surface area contributed by atoms with Gasteiger partial charge in [-0.05, 0) is 30.9 Å². The Morgan fingerprint density at radius 3 is 2.95 bits per heavy atom. The molecular weight excluding hydrogens is 276 g/mol. The van der Waals surface area contributed by atoms with Crippen molar-refractivity contribution in [3.8, 4) is 0 Å². The maximum Gasteiger partial charge on any atom is 0.222 e. The maximum absolute atomic E-state index is 12.4. The van der Waals surface area contributed by atoms with E-state index in [4.69, 9.17) is 0 Å². The summed E-state index contributed by atoms with van der Waals surface area (Å²) in [5, 5.41) is 11.7. The average molecular weight is 302 g/mol. The van der Waals surface area contributed by atoms with Crippen LogP contribution < -0.4 is 5.32 Å².